The van der Waals surface area contributed by atoms with E-state index in [-0.39, 0.29) is 0 Å². The second-order valence-corrected chi connectivity index (χ2v) is 7.29. The van der Waals surface area contributed by atoms with Gasteiger partial charge in [-0.2, -0.15) is 0 Å². The van der Waals surface area contributed by atoms with Gasteiger partial charge in [-0.25, -0.2) is 0 Å². The van der Waals surface area contributed by atoms with Crippen LogP contribution in [0.25, 0.3) is 0 Å². The van der Waals surface area contributed by atoms with Crippen molar-refractivity contribution in [1.29, 1.82) is 0 Å². The molecule has 0 spiro atoms. The van der Waals surface area contributed by atoms with E-state index in [1.807, 2.05) is 18.2 Å². The molecule has 1 heterocycles. The Morgan fingerprint density at radius 3 is 2.68 bits per heavy atom. The highest BCUT2D eigenvalue weighted by molar-refractivity contribution is 6.35. The lowest BCUT2D eigenvalue weighted by molar-refractivity contribution is 0.295. The van der Waals surface area contributed by atoms with Crippen LogP contribution in [0.2, 0.25) is 10.0 Å². The van der Waals surface area contributed by atoms with E-state index in [9.17, 15) is 0 Å². The second-order valence-electron chi connectivity index (χ2n) is 6.45. The Bertz CT molecular complexity index is 691. The number of allylic oxidation sites excluding steroid dienone is 3. The highest BCUT2D eigenvalue weighted by Gasteiger charge is 2.16. The SMILES string of the molecule is COc1c(Cl)cc(Cl)cc1OC1=CC=CN(CC2CCCCC2)C=C1. The summed E-state index contributed by atoms with van der Waals surface area (Å²) in [4.78, 5) is 2.23. The summed E-state index contributed by atoms with van der Waals surface area (Å²) in [7, 11) is 1.56. The summed E-state index contributed by atoms with van der Waals surface area (Å²) < 4.78 is 11.3. The summed E-state index contributed by atoms with van der Waals surface area (Å²) >= 11 is 12.2. The zero-order valence-corrected chi connectivity index (χ0v) is 15.9. The number of rotatable bonds is 5. The molecule has 1 aliphatic carbocycles. The van der Waals surface area contributed by atoms with E-state index in [1.165, 1.54) is 32.1 Å². The van der Waals surface area contributed by atoms with Gasteiger partial charge in [-0.3, -0.25) is 0 Å². The van der Waals surface area contributed by atoms with Crippen molar-refractivity contribution in [2.75, 3.05) is 13.7 Å². The van der Waals surface area contributed by atoms with Crippen LogP contribution in [0.3, 0.4) is 0 Å². The zero-order valence-electron chi connectivity index (χ0n) is 14.4. The Labute approximate surface area is 159 Å². The first-order valence-electron chi connectivity index (χ1n) is 8.69. The summed E-state index contributed by atoms with van der Waals surface area (Å²) in [5.41, 5.74) is 0. The van der Waals surface area contributed by atoms with E-state index in [1.54, 1.807) is 19.2 Å². The fourth-order valence-corrected chi connectivity index (χ4v) is 3.87. The predicted octanol–water partition coefficient (Wildman–Crippen LogP) is 6.19. The maximum Gasteiger partial charge on any atom is 0.180 e. The fourth-order valence-electron chi connectivity index (χ4n) is 3.32. The topological polar surface area (TPSA) is 21.7 Å². The molecule has 134 valence electrons. The Hall–Kier alpha value is -1.58. The monoisotopic (exact) mass is 379 g/mol. The molecule has 25 heavy (non-hydrogen) atoms. The first-order valence-corrected chi connectivity index (χ1v) is 9.44. The molecule has 1 saturated carbocycles. The number of hydrogen-bond donors (Lipinski definition) is 0. The molecule has 0 N–H and O–H groups in total. The minimum atomic E-state index is 0.428. The minimum Gasteiger partial charge on any atom is -0.491 e. The van der Waals surface area contributed by atoms with Crippen molar-refractivity contribution in [3.05, 3.63) is 58.6 Å². The van der Waals surface area contributed by atoms with Gasteiger partial charge < -0.3 is 14.4 Å². The smallest absolute Gasteiger partial charge is 0.180 e. The van der Waals surface area contributed by atoms with Gasteiger partial charge in [-0.15, -0.1) is 0 Å². The van der Waals surface area contributed by atoms with Crippen molar-refractivity contribution in [3.63, 3.8) is 0 Å². The van der Waals surface area contributed by atoms with Gasteiger partial charge in [0.25, 0.3) is 0 Å². The van der Waals surface area contributed by atoms with Crippen LogP contribution in [0.1, 0.15) is 32.1 Å². The highest BCUT2D eigenvalue weighted by Crippen LogP contribution is 2.39. The molecule has 3 rings (SSSR count). The summed E-state index contributed by atoms with van der Waals surface area (Å²) in [6, 6.07) is 3.34. The summed E-state index contributed by atoms with van der Waals surface area (Å²) in [6.45, 7) is 1.06. The van der Waals surface area contributed by atoms with E-state index in [2.05, 4.69) is 17.3 Å². The van der Waals surface area contributed by atoms with Gasteiger partial charge in [0.2, 0.25) is 0 Å². The van der Waals surface area contributed by atoms with E-state index in [0.717, 1.165) is 12.5 Å². The van der Waals surface area contributed by atoms with E-state index >= 15 is 0 Å². The third-order valence-corrected chi connectivity index (χ3v) is 5.07. The molecule has 1 aromatic rings. The molecule has 0 amide bonds. The van der Waals surface area contributed by atoms with Crippen LogP contribution in [-0.4, -0.2) is 18.6 Å². The average Bonchev–Trinajstić information content (AvgIpc) is 2.81. The molecule has 1 aliphatic heterocycles. The molecule has 1 aromatic carbocycles. The molecular formula is C20H23Cl2NO2. The van der Waals surface area contributed by atoms with Crippen molar-refractivity contribution in [3.8, 4) is 11.5 Å². The van der Waals surface area contributed by atoms with E-state index < -0.39 is 0 Å². The molecular weight excluding hydrogens is 357 g/mol. The highest BCUT2D eigenvalue weighted by atomic mass is 35.5. The lowest BCUT2D eigenvalue weighted by atomic mass is 9.89. The molecule has 0 aromatic heterocycles. The van der Waals surface area contributed by atoms with Crippen molar-refractivity contribution in [2.45, 2.75) is 32.1 Å². The van der Waals surface area contributed by atoms with Crippen molar-refractivity contribution in [2.24, 2.45) is 5.92 Å². The number of hydrogen-bond acceptors (Lipinski definition) is 3. The van der Waals surface area contributed by atoms with Gasteiger partial charge in [-0.1, -0.05) is 42.5 Å². The number of ether oxygens (including phenoxy) is 2. The van der Waals surface area contributed by atoms with Crippen LogP contribution in [0, 0.1) is 5.92 Å². The van der Waals surface area contributed by atoms with Crippen LogP contribution < -0.4 is 9.47 Å². The fraction of sp³-hybridized carbons (Fsp3) is 0.400. The summed E-state index contributed by atoms with van der Waals surface area (Å²) in [5.74, 6) is 2.47. The molecule has 0 radical (unpaired) electrons. The Kier molecular flexibility index (Phi) is 6.33. The molecule has 2 aliphatic rings. The van der Waals surface area contributed by atoms with Gasteiger partial charge in [-0.05, 0) is 43.1 Å². The van der Waals surface area contributed by atoms with Crippen molar-refractivity contribution >= 4 is 23.2 Å². The van der Waals surface area contributed by atoms with Crippen LogP contribution in [0.5, 0.6) is 11.5 Å². The van der Waals surface area contributed by atoms with Gasteiger partial charge in [0.15, 0.2) is 11.5 Å². The number of methoxy groups -OCH3 is 1. The second kappa shape index (κ2) is 8.68. The molecule has 0 unspecified atom stereocenters. The molecule has 0 saturated heterocycles. The Morgan fingerprint density at radius 1 is 1.12 bits per heavy atom. The van der Waals surface area contributed by atoms with Gasteiger partial charge in [0.05, 0.1) is 12.1 Å². The first-order chi connectivity index (χ1) is 12.2. The lowest BCUT2D eigenvalue weighted by Gasteiger charge is -2.26. The summed E-state index contributed by atoms with van der Waals surface area (Å²) in [6.07, 6.45) is 16.8. The number of halogens is 2. The molecule has 0 bridgehead atoms. The van der Waals surface area contributed by atoms with Crippen LogP contribution in [0.15, 0.2) is 48.5 Å². The maximum atomic E-state index is 6.17. The number of nitrogens with zero attached hydrogens (tertiary/aromatic N) is 1. The molecule has 3 nitrogen and oxygen atoms in total. The van der Waals surface area contributed by atoms with Gasteiger partial charge in [0, 0.05) is 30.0 Å². The molecule has 5 heteroatoms. The normalized spacial score (nSPS) is 18.0. The summed E-state index contributed by atoms with van der Waals surface area (Å²) in [5, 5.41) is 0.936. The van der Waals surface area contributed by atoms with E-state index in [4.69, 9.17) is 32.7 Å². The lowest BCUT2D eigenvalue weighted by Crippen LogP contribution is -2.21. The Morgan fingerprint density at radius 2 is 1.92 bits per heavy atom. The molecule has 0 atom stereocenters. The van der Waals surface area contributed by atoms with Crippen molar-refractivity contribution in [1.82, 2.24) is 4.90 Å². The van der Waals surface area contributed by atoms with Crippen LogP contribution in [0.4, 0.5) is 0 Å². The van der Waals surface area contributed by atoms with Gasteiger partial charge >= 0.3 is 0 Å². The third-order valence-electron chi connectivity index (χ3n) is 4.57. The molecule has 1 fully saturated rings. The minimum absolute atomic E-state index is 0.428. The largest absolute Gasteiger partial charge is 0.491 e. The first kappa shape index (κ1) is 18.2. The predicted molar refractivity (Wildman–Crippen MR) is 103 cm³/mol. The van der Waals surface area contributed by atoms with Crippen LogP contribution in [-0.2, 0) is 0 Å². The standard InChI is InChI=1S/C20H23Cl2NO2/c1-24-20-18(22)12-16(21)13-19(20)25-17-8-5-10-23(11-9-17)14-15-6-3-2-4-7-15/h5,8-13,15H,2-4,6-7,14H2,1H3. The van der Waals surface area contributed by atoms with Crippen LogP contribution >= 0.6 is 23.2 Å². The average molecular weight is 380 g/mol. The maximum absolute atomic E-state index is 6.17. The van der Waals surface area contributed by atoms with Gasteiger partial charge in [0.1, 0.15) is 5.76 Å². The number of benzene rings is 1. The zero-order chi connectivity index (χ0) is 17.6. The quantitative estimate of drug-likeness (QED) is 0.608. The van der Waals surface area contributed by atoms with Crippen molar-refractivity contribution < 1.29 is 9.47 Å². The third kappa shape index (κ3) is 4.96. The Balaban J connectivity index is 1.67. The van der Waals surface area contributed by atoms with E-state index in [0.29, 0.717) is 27.3 Å².